The van der Waals surface area contributed by atoms with E-state index < -0.39 is 0 Å². The van der Waals surface area contributed by atoms with Crippen LogP contribution in [0.15, 0.2) is 53.4 Å². The number of nitrogens with one attached hydrogen (secondary N) is 1. The third-order valence-corrected chi connectivity index (χ3v) is 3.94. The first-order chi connectivity index (χ1) is 11.8. The first-order valence-corrected chi connectivity index (χ1v) is 8.41. The SMILES string of the molecule is Brc1cnc(Oc2cccc(Nc3ccnc(C4CC4)n3)c2)nc1. The summed E-state index contributed by atoms with van der Waals surface area (Å²) in [6.45, 7) is 0. The van der Waals surface area contributed by atoms with E-state index in [0.717, 1.165) is 21.8 Å². The van der Waals surface area contributed by atoms with Crippen molar-refractivity contribution in [3.8, 4) is 11.8 Å². The molecule has 1 aliphatic carbocycles. The second-order valence-electron chi connectivity index (χ2n) is 5.51. The molecule has 1 fully saturated rings. The minimum atomic E-state index is 0.299. The average molecular weight is 384 g/mol. The van der Waals surface area contributed by atoms with Gasteiger partial charge in [0.2, 0.25) is 0 Å². The van der Waals surface area contributed by atoms with Crippen molar-refractivity contribution in [3.05, 3.63) is 59.2 Å². The van der Waals surface area contributed by atoms with Crippen LogP contribution in [0.25, 0.3) is 0 Å². The summed E-state index contributed by atoms with van der Waals surface area (Å²) in [7, 11) is 0. The third kappa shape index (κ3) is 3.68. The molecule has 0 aliphatic heterocycles. The van der Waals surface area contributed by atoms with Crippen molar-refractivity contribution in [2.45, 2.75) is 18.8 Å². The fraction of sp³-hybridized carbons (Fsp3) is 0.176. The standard InChI is InChI=1S/C17H14BrN5O/c18-12-9-20-17(21-10-12)24-14-3-1-2-13(8-14)22-15-6-7-19-16(23-15)11-4-5-11/h1-3,6-11H,4-5H2,(H,19,22,23). The zero-order valence-electron chi connectivity index (χ0n) is 12.7. The van der Waals surface area contributed by atoms with E-state index in [1.807, 2.05) is 30.3 Å². The summed E-state index contributed by atoms with van der Waals surface area (Å²) in [5, 5.41) is 3.28. The van der Waals surface area contributed by atoms with Gasteiger partial charge in [-0.1, -0.05) is 6.07 Å². The summed E-state index contributed by atoms with van der Waals surface area (Å²) < 4.78 is 6.47. The van der Waals surface area contributed by atoms with Crippen LogP contribution in [0.5, 0.6) is 11.8 Å². The van der Waals surface area contributed by atoms with E-state index in [1.165, 1.54) is 12.8 Å². The number of ether oxygens (including phenoxy) is 1. The number of benzene rings is 1. The summed E-state index contributed by atoms with van der Waals surface area (Å²) in [6.07, 6.45) is 7.44. The van der Waals surface area contributed by atoms with Gasteiger partial charge in [0.15, 0.2) is 0 Å². The molecule has 0 unspecified atom stereocenters. The number of aromatic nitrogens is 4. The van der Waals surface area contributed by atoms with Crippen LogP contribution in [-0.2, 0) is 0 Å². The van der Waals surface area contributed by atoms with Crippen molar-refractivity contribution in [2.24, 2.45) is 0 Å². The molecule has 2 heterocycles. The number of rotatable bonds is 5. The zero-order valence-corrected chi connectivity index (χ0v) is 14.3. The molecule has 24 heavy (non-hydrogen) atoms. The van der Waals surface area contributed by atoms with Gasteiger partial charge in [0, 0.05) is 36.3 Å². The Hall–Kier alpha value is -2.54. The van der Waals surface area contributed by atoms with E-state index in [0.29, 0.717) is 17.7 Å². The minimum Gasteiger partial charge on any atom is -0.424 e. The predicted octanol–water partition coefficient (Wildman–Crippen LogP) is 4.44. The van der Waals surface area contributed by atoms with Crippen molar-refractivity contribution in [2.75, 3.05) is 5.32 Å². The maximum Gasteiger partial charge on any atom is 0.321 e. The van der Waals surface area contributed by atoms with Gasteiger partial charge < -0.3 is 10.1 Å². The van der Waals surface area contributed by atoms with E-state index in [9.17, 15) is 0 Å². The molecule has 0 radical (unpaired) electrons. The summed E-state index contributed by atoms with van der Waals surface area (Å²) in [5.41, 5.74) is 0.880. The second kappa shape index (κ2) is 6.52. The van der Waals surface area contributed by atoms with Gasteiger partial charge in [0.05, 0.1) is 4.47 Å². The molecule has 0 atom stereocenters. The van der Waals surface area contributed by atoms with Gasteiger partial charge in [-0.05, 0) is 47.0 Å². The lowest BCUT2D eigenvalue weighted by atomic mass is 10.3. The molecule has 3 aromatic rings. The fourth-order valence-corrected chi connectivity index (χ4v) is 2.43. The van der Waals surface area contributed by atoms with E-state index in [-0.39, 0.29) is 0 Å². The van der Waals surface area contributed by atoms with Crippen LogP contribution in [-0.4, -0.2) is 19.9 Å². The molecule has 1 N–H and O–H groups in total. The van der Waals surface area contributed by atoms with Crippen LogP contribution in [0, 0.1) is 0 Å². The van der Waals surface area contributed by atoms with E-state index in [2.05, 4.69) is 41.2 Å². The Labute approximate surface area is 147 Å². The van der Waals surface area contributed by atoms with Crippen LogP contribution in [0.1, 0.15) is 24.6 Å². The summed E-state index contributed by atoms with van der Waals surface area (Å²) in [5.74, 6) is 2.87. The minimum absolute atomic E-state index is 0.299. The van der Waals surface area contributed by atoms with E-state index in [1.54, 1.807) is 18.6 Å². The Bertz CT molecular complexity index is 852. The quantitative estimate of drug-likeness (QED) is 0.701. The Balaban J connectivity index is 1.49. The lowest BCUT2D eigenvalue weighted by molar-refractivity contribution is 0.441. The molecule has 0 bridgehead atoms. The number of anilines is 2. The topological polar surface area (TPSA) is 72.8 Å². The Morgan fingerprint density at radius 3 is 2.71 bits per heavy atom. The fourth-order valence-electron chi connectivity index (χ4n) is 2.23. The Morgan fingerprint density at radius 2 is 1.92 bits per heavy atom. The maximum absolute atomic E-state index is 5.67. The molecule has 2 aromatic heterocycles. The molecule has 1 saturated carbocycles. The molecule has 1 aliphatic rings. The van der Waals surface area contributed by atoms with Gasteiger partial charge in [0.1, 0.15) is 17.4 Å². The highest BCUT2D eigenvalue weighted by Gasteiger charge is 2.26. The summed E-state index contributed by atoms with van der Waals surface area (Å²) in [4.78, 5) is 17.1. The number of hydrogen-bond donors (Lipinski definition) is 1. The predicted molar refractivity (Wildman–Crippen MR) is 93.5 cm³/mol. The van der Waals surface area contributed by atoms with Gasteiger partial charge in [-0.15, -0.1) is 0 Å². The van der Waals surface area contributed by atoms with E-state index in [4.69, 9.17) is 4.74 Å². The number of nitrogens with zero attached hydrogens (tertiary/aromatic N) is 4. The molecule has 120 valence electrons. The first-order valence-electron chi connectivity index (χ1n) is 7.62. The summed E-state index contributed by atoms with van der Waals surface area (Å²) >= 11 is 3.30. The van der Waals surface area contributed by atoms with Crippen molar-refractivity contribution in [1.29, 1.82) is 0 Å². The molecule has 6 nitrogen and oxygen atoms in total. The van der Waals surface area contributed by atoms with Gasteiger partial charge in [-0.25, -0.2) is 19.9 Å². The van der Waals surface area contributed by atoms with Crippen molar-refractivity contribution < 1.29 is 4.74 Å². The third-order valence-electron chi connectivity index (χ3n) is 3.53. The zero-order chi connectivity index (χ0) is 16.4. The molecular formula is C17H14BrN5O. The normalized spacial score (nSPS) is 13.5. The Kier molecular flexibility index (Phi) is 4.08. The average Bonchev–Trinajstić information content (AvgIpc) is 3.43. The Morgan fingerprint density at radius 1 is 1.08 bits per heavy atom. The highest BCUT2D eigenvalue weighted by Crippen LogP contribution is 2.38. The number of halogens is 1. The summed E-state index contributed by atoms with van der Waals surface area (Å²) in [6, 6.07) is 9.75. The van der Waals surface area contributed by atoms with Crippen LogP contribution >= 0.6 is 15.9 Å². The van der Waals surface area contributed by atoms with Crippen LogP contribution < -0.4 is 10.1 Å². The first kappa shape index (κ1) is 15.0. The van der Waals surface area contributed by atoms with Gasteiger partial charge in [0.25, 0.3) is 0 Å². The van der Waals surface area contributed by atoms with Gasteiger partial charge in [-0.3, -0.25) is 0 Å². The van der Waals surface area contributed by atoms with Crippen LogP contribution in [0.4, 0.5) is 11.5 Å². The maximum atomic E-state index is 5.67. The molecule has 0 spiro atoms. The molecule has 0 saturated heterocycles. The van der Waals surface area contributed by atoms with Crippen molar-refractivity contribution >= 4 is 27.4 Å². The smallest absolute Gasteiger partial charge is 0.321 e. The largest absolute Gasteiger partial charge is 0.424 e. The lowest BCUT2D eigenvalue weighted by Crippen LogP contribution is -1.98. The highest BCUT2D eigenvalue weighted by atomic mass is 79.9. The van der Waals surface area contributed by atoms with E-state index >= 15 is 0 Å². The van der Waals surface area contributed by atoms with Gasteiger partial charge >= 0.3 is 6.01 Å². The monoisotopic (exact) mass is 383 g/mol. The molecule has 1 aromatic carbocycles. The van der Waals surface area contributed by atoms with Gasteiger partial charge in [-0.2, -0.15) is 0 Å². The molecule has 4 rings (SSSR count). The molecule has 7 heteroatoms. The number of hydrogen-bond acceptors (Lipinski definition) is 6. The van der Waals surface area contributed by atoms with Crippen LogP contribution in [0.3, 0.4) is 0 Å². The van der Waals surface area contributed by atoms with Crippen LogP contribution in [0.2, 0.25) is 0 Å². The van der Waals surface area contributed by atoms with Crippen molar-refractivity contribution in [3.63, 3.8) is 0 Å². The molecular weight excluding hydrogens is 370 g/mol. The highest BCUT2D eigenvalue weighted by molar-refractivity contribution is 9.10. The molecule has 0 amide bonds. The van der Waals surface area contributed by atoms with Crippen molar-refractivity contribution in [1.82, 2.24) is 19.9 Å². The lowest BCUT2D eigenvalue weighted by Gasteiger charge is -2.09. The second-order valence-corrected chi connectivity index (χ2v) is 6.43.